The first-order chi connectivity index (χ1) is 15.4. The standard InChI is InChI=1S/C23H18FN3O5/c1-31-19-7-4-6-17(13-19)25-23(28)32-22-12-16-11-18(27(29)30)9-10-21(16)26(22)14-15-5-2-3-8-20(15)24/h2-13H,14H2,1H3,(H,25,28). The van der Waals surface area contributed by atoms with Gasteiger partial charge in [-0.2, -0.15) is 0 Å². The summed E-state index contributed by atoms with van der Waals surface area (Å²) in [6, 6.07) is 18.7. The number of ether oxygens (including phenoxy) is 2. The second kappa shape index (κ2) is 8.76. The number of halogens is 1. The summed E-state index contributed by atoms with van der Waals surface area (Å²) in [4.78, 5) is 23.2. The average Bonchev–Trinajstić information content (AvgIpc) is 3.11. The Balaban J connectivity index is 1.69. The highest BCUT2D eigenvalue weighted by Gasteiger charge is 2.18. The molecule has 0 saturated heterocycles. The van der Waals surface area contributed by atoms with E-state index in [9.17, 15) is 19.3 Å². The van der Waals surface area contributed by atoms with Gasteiger partial charge in [-0.15, -0.1) is 0 Å². The van der Waals surface area contributed by atoms with Gasteiger partial charge in [0, 0.05) is 40.9 Å². The van der Waals surface area contributed by atoms with Crippen LogP contribution < -0.4 is 14.8 Å². The van der Waals surface area contributed by atoms with E-state index in [1.807, 2.05) is 0 Å². The summed E-state index contributed by atoms with van der Waals surface area (Å²) in [5.41, 5.74) is 1.29. The Morgan fingerprint density at radius 1 is 1.09 bits per heavy atom. The lowest BCUT2D eigenvalue weighted by Crippen LogP contribution is -2.18. The van der Waals surface area contributed by atoms with Gasteiger partial charge in [-0.1, -0.05) is 24.3 Å². The van der Waals surface area contributed by atoms with Crippen LogP contribution in [-0.4, -0.2) is 22.7 Å². The fraction of sp³-hybridized carbons (Fsp3) is 0.0870. The number of hydrogen-bond acceptors (Lipinski definition) is 5. The summed E-state index contributed by atoms with van der Waals surface area (Å²) in [6.07, 6.45) is -0.773. The Labute approximate surface area is 181 Å². The largest absolute Gasteiger partial charge is 0.497 e. The highest BCUT2D eigenvalue weighted by molar-refractivity contribution is 5.89. The maximum atomic E-state index is 14.3. The summed E-state index contributed by atoms with van der Waals surface area (Å²) < 4.78 is 26.5. The Kier molecular flexibility index (Phi) is 5.71. The van der Waals surface area contributed by atoms with Crippen molar-refractivity contribution in [1.29, 1.82) is 0 Å². The fourth-order valence-electron chi connectivity index (χ4n) is 3.33. The van der Waals surface area contributed by atoms with E-state index in [2.05, 4.69) is 5.32 Å². The molecular weight excluding hydrogens is 417 g/mol. The molecule has 0 spiro atoms. The van der Waals surface area contributed by atoms with Crippen LogP contribution in [0.3, 0.4) is 0 Å². The molecule has 0 radical (unpaired) electrons. The molecule has 1 amide bonds. The van der Waals surface area contributed by atoms with Crippen molar-refractivity contribution in [3.8, 4) is 11.6 Å². The van der Waals surface area contributed by atoms with E-state index in [1.165, 1.54) is 31.4 Å². The van der Waals surface area contributed by atoms with Gasteiger partial charge in [0.05, 0.1) is 24.1 Å². The topological polar surface area (TPSA) is 95.6 Å². The number of nitrogens with zero attached hydrogens (tertiary/aromatic N) is 2. The van der Waals surface area contributed by atoms with Crippen molar-refractivity contribution in [3.05, 3.63) is 94.3 Å². The van der Waals surface area contributed by atoms with Crippen LogP contribution in [0.1, 0.15) is 5.56 Å². The van der Waals surface area contributed by atoms with E-state index in [4.69, 9.17) is 9.47 Å². The summed E-state index contributed by atoms with van der Waals surface area (Å²) >= 11 is 0. The zero-order valence-corrected chi connectivity index (χ0v) is 16.9. The van der Waals surface area contributed by atoms with E-state index in [0.717, 1.165) is 0 Å². The first kappa shape index (κ1) is 20.9. The number of hydrogen-bond donors (Lipinski definition) is 1. The first-order valence-electron chi connectivity index (χ1n) is 9.58. The smallest absolute Gasteiger partial charge is 0.418 e. The van der Waals surface area contributed by atoms with Crippen LogP contribution >= 0.6 is 0 Å². The SMILES string of the molecule is COc1cccc(NC(=O)Oc2cc3cc([N+](=O)[O-])ccc3n2Cc2ccccc2F)c1. The number of carbonyl (C=O) groups is 1. The van der Waals surface area contributed by atoms with Gasteiger partial charge in [0.1, 0.15) is 11.6 Å². The van der Waals surface area contributed by atoms with Crippen molar-refractivity contribution < 1.29 is 23.6 Å². The quantitative estimate of drug-likeness (QED) is 0.325. The van der Waals surface area contributed by atoms with Crippen LogP contribution in [-0.2, 0) is 6.54 Å². The number of rotatable bonds is 6. The minimum atomic E-state index is -0.773. The average molecular weight is 435 g/mol. The molecule has 32 heavy (non-hydrogen) atoms. The van der Waals surface area contributed by atoms with Crippen LogP contribution in [0.5, 0.6) is 11.6 Å². The van der Waals surface area contributed by atoms with Gasteiger partial charge in [-0.3, -0.25) is 15.4 Å². The highest BCUT2D eigenvalue weighted by atomic mass is 19.1. The van der Waals surface area contributed by atoms with Crippen molar-refractivity contribution >= 4 is 28.4 Å². The first-order valence-corrected chi connectivity index (χ1v) is 9.58. The van der Waals surface area contributed by atoms with Crippen molar-refractivity contribution in [1.82, 2.24) is 4.57 Å². The predicted octanol–water partition coefficient (Wildman–Crippen LogP) is 5.36. The van der Waals surface area contributed by atoms with E-state index in [1.54, 1.807) is 53.1 Å². The van der Waals surface area contributed by atoms with Crippen molar-refractivity contribution in [2.45, 2.75) is 6.54 Å². The third kappa shape index (κ3) is 4.36. The lowest BCUT2D eigenvalue weighted by Gasteiger charge is -2.12. The van der Waals surface area contributed by atoms with Gasteiger partial charge in [0.25, 0.3) is 5.69 Å². The maximum absolute atomic E-state index is 14.3. The molecule has 9 heteroatoms. The highest BCUT2D eigenvalue weighted by Crippen LogP contribution is 2.30. The van der Waals surface area contributed by atoms with Crippen LogP contribution in [0.2, 0.25) is 0 Å². The molecule has 1 aromatic heterocycles. The number of methoxy groups -OCH3 is 1. The van der Waals surface area contributed by atoms with E-state index in [0.29, 0.717) is 27.9 Å². The molecule has 0 aliphatic rings. The van der Waals surface area contributed by atoms with Crippen LogP contribution in [0.4, 0.5) is 20.6 Å². The lowest BCUT2D eigenvalue weighted by molar-refractivity contribution is -0.384. The number of anilines is 1. The number of non-ortho nitro benzene ring substituents is 1. The molecule has 8 nitrogen and oxygen atoms in total. The van der Waals surface area contributed by atoms with Gasteiger partial charge in [-0.05, 0) is 24.3 Å². The molecular formula is C23H18FN3O5. The molecule has 162 valence electrons. The molecule has 0 saturated carbocycles. The van der Waals surface area contributed by atoms with E-state index < -0.39 is 16.8 Å². The number of nitrogens with one attached hydrogen (secondary N) is 1. The Morgan fingerprint density at radius 3 is 2.66 bits per heavy atom. The molecule has 1 N–H and O–H groups in total. The maximum Gasteiger partial charge on any atom is 0.418 e. The number of nitro groups is 1. The molecule has 0 unspecified atom stereocenters. The number of benzene rings is 3. The van der Waals surface area contributed by atoms with E-state index >= 15 is 0 Å². The summed E-state index contributed by atoms with van der Waals surface area (Å²) in [7, 11) is 1.51. The van der Waals surface area contributed by atoms with Gasteiger partial charge < -0.3 is 14.0 Å². The molecule has 0 fully saturated rings. The molecule has 4 aromatic rings. The predicted molar refractivity (Wildman–Crippen MR) is 117 cm³/mol. The number of aromatic nitrogens is 1. The third-order valence-corrected chi connectivity index (χ3v) is 4.86. The monoisotopic (exact) mass is 435 g/mol. The van der Waals surface area contributed by atoms with Gasteiger partial charge >= 0.3 is 6.09 Å². The van der Waals surface area contributed by atoms with Crippen LogP contribution in [0.15, 0.2) is 72.8 Å². The normalized spacial score (nSPS) is 10.7. The molecule has 4 rings (SSSR count). The number of amides is 1. The Hall–Kier alpha value is -4.40. The molecule has 0 bridgehead atoms. The number of fused-ring (bicyclic) bond motifs is 1. The van der Waals surface area contributed by atoms with Gasteiger partial charge in [0.2, 0.25) is 5.88 Å². The summed E-state index contributed by atoms with van der Waals surface area (Å²) in [5, 5.41) is 14.2. The lowest BCUT2D eigenvalue weighted by atomic mass is 10.2. The van der Waals surface area contributed by atoms with Crippen LogP contribution in [0.25, 0.3) is 10.9 Å². The summed E-state index contributed by atoms with van der Waals surface area (Å²) in [6.45, 7) is 0.0652. The minimum absolute atomic E-state index is 0.0652. The summed E-state index contributed by atoms with van der Waals surface area (Å²) in [5.74, 6) is 0.260. The number of nitro benzene ring substituents is 1. The van der Waals surface area contributed by atoms with Crippen LogP contribution in [0, 0.1) is 15.9 Å². The minimum Gasteiger partial charge on any atom is -0.497 e. The van der Waals surface area contributed by atoms with Crippen molar-refractivity contribution in [3.63, 3.8) is 0 Å². The zero-order valence-electron chi connectivity index (χ0n) is 16.9. The molecule has 0 aliphatic heterocycles. The zero-order chi connectivity index (χ0) is 22.7. The molecule has 0 atom stereocenters. The second-order valence-corrected chi connectivity index (χ2v) is 6.91. The molecule has 0 aliphatic carbocycles. The molecule has 3 aromatic carbocycles. The Morgan fingerprint density at radius 2 is 1.91 bits per heavy atom. The van der Waals surface area contributed by atoms with E-state index in [-0.39, 0.29) is 18.1 Å². The third-order valence-electron chi connectivity index (χ3n) is 4.86. The molecule has 1 heterocycles. The van der Waals surface area contributed by atoms with Crippen molar-refractivity contribution in [2.24, 2.45) is 0 Å². The van der Waals surface area contributed by atoms with Gasteiger partial charge in [-0.25, -0.2) is 9.18 Å². The van der Waals surface area contributed by atoms with Crippen molar-refractivity contribution in [2.75, 3.05) is 12.4 Å². The van der Waals surface area contributed by atoms with Gasteiger partial charge in [0.15, 0.2) is 0 Å². The Bertz CT molecular complexity index is 1320. The second-order valence-electron chi connectivity index (χ2n) is 6.91. The number of carbonyl (C=O) groups excluding carboxylic acids is 1. The fourth-order valence-corrected chi connectivity index (χ4v) is 3.33.